The summed E-state index contributed by atoms with van der Waals surface area (Å²) in [6.45, 7) is 1.47. The van der Waals surface area contributed by atoms with E-state index in [9.17, 15) is 4.79 Å². The first kappa shape index (κ1) is 9.42. The van der Waals surface area contributed by atoms with Gasteiger partial charge in [-0.25, -0.2) is 0 Å². The summed E-state index contributed by atoms with van der Waals surface area (Å²) < 4.78 is 0.860. The summed E-state index contributed by atoms with van der Waals surface area (Å²) in [6, 6.07) is 5.36. The predicted molar refractivity (Wildman–Crippen MR) is 50.3 cm³/mol. The largest absolute Gasteiger partial charge is 0.388 e. The van der Waals surface area contributed by atoms with Gasteiger partial charge in [-0.05, 0) is 30.7 Å². The van der Waals surface area contributed by atoms with Gasteiger partial charge in [0, 0.05) is 10.0 Å². The maximum atomic E-state index is 11.0. The summed E-state index contributed by atoms with van der Waals surface area (Å²) in [5, 5.41) is 8.61. The van der Waals surface area contributed by atoms with Gasteiger partial charge >= 0.3 is 0 Å². The molecule has 12 heavy (non-hydrogen) atoms. The van der Waals surface area contributed by atoms with Gasteiger partial charge in [0.25, 0.3) is 0 Å². The first-order valence-corrected chi connectivity index (χ1v) is 4.34. The number of halogens is 1. The lowest BCUT2D eigenvalue weighted by atomic mass is 10.1. The highest BCUT2D eigenvalue weighted by molar-refractivity contribution is 9.10. The zero-order valence-corrected chi connectivity index (χ0v) is 8.26. The summed E-state index contributed by atoms with van der Waals surface area (Å²) in [6.07, 6.45) is 0. The van der Waals surface area contributed by atoms with Crippen molar-refractivity contribution >= 4 is 21.7 Å². The fourth-order valence-corrected chi connectivity index (χ4v) is 1.60. The van der Waals surface area contributed by atoms with Crippen LogP contribution in [0.2, 0.25) is 0 Å². The lowest BCUT2D eigenvalue weighted by Gasteiger charge is -2.00. The molecule has 0 aromatic heterocycles. The number of aryl methyl sites for hydroxylation is 1. The number of ketones is 1. The Kier molecular flexibility index (Phi) is 3.00. The Morgan fingerprint density at radius 3 is 2.67 bits per heavy atom. The van der Waals surface area contributed by atoms with Crippen LogP contribution in [0.3, 0.4) is 0 Å². The smallest absolute Gasteiger partial charge is 0.188 e. The van der Waals surface area contributed by atoms with Crippen LogP contribution in [0.15, 0.2) is 22.7 Å². The Labute approximate surface area is 79.3 Å². The number of carbonyl (C=O) groups is 1. The van der Waals surface area contributed by atoms with Crippen LogP contribution in [0, 0.1) is 6.92 Å². The molecule has 1 N–H and O–H groups in total. The van der Waals surface area contributed by atoms with Crippen LogP contribution < -0.4 is 0 Å². The molecule has 0 fully saturated rings. The number of hydrogen-bond acceptors (Lipinski definition) is 2. The monoisotopic (exact) mass is 228 g/mol. The van der Waals surface area contributed by atoms with Crippen LogP contribution in [0.4, 0.5) is 0 Å². The van der Waals surface area contributed by atoms with Gasteiger partial charge in [-0.3, -0.25) is 4.79 Å². The van der Waals surface area contributed by atoms with E-state index in [-0.39, 0.29) is 5.78 Å². The molecule has 0 aliphatic rings. The molecule has 0 atom stereocenters. The highest BCUT2D eigenvalue weighted by Crippen LogP contribution is 2.15. The fraction of sp³-hybridized carbons (Fsp3) is 0.222. The van der Waals surface area contributed by atoms with Crippen molar-refractivity contribution in [2.75, 3.05) is 6.61 Å². The first-order chi connectivity index (χ1) is 5.63. The summed E-state index contributed by atoms with van der Waals surface area (Å²) in [4.78, 5) is 11.0. The van der Waals surface area contributed by atoms with Crippen LogP contribution in [0.5, 0.6) is 0 Å². The molecule has 0 heterocycles. The third kappa shape index (κ3) is 2.16. The molecular weight excluding hydrogens is 220 g/mol. The van der Waals surface area contributed by atoms with E-state index in [4.69, 9.17) is 5.11 Å². The Balaban J connectivity index is 3.08. The molecule has 3 heteroatoms. The Bertz CT molecular complexity index is 287. The molecule has 0 aliphatic heterocycles. The van der Waals surface area contributed by atoms with E-state index in [2.05, 4.69) is 15.9 Å². The second-order valence-electron chi connectivity index (χ2n) is 2.60. The number of rotatable bonds is 2. The zero-order chi connectivity index (χ0) is 9.14. The molecule has 0 amide bonds. The molecular formula is C9H9BrO2. The maximum Gasteiger partial charge on any atom is 0.188 e. The molecule has 0 saturated carbocycles. The Hall–Kier alpha value is -0.670. The van der Waals surface area contributed by atoms with Crippen LogP contribution in [0.25, 0.3) is 0 Å². The Morgan fingerprint density at radius 2 is 2.17 bits per heavy atom. The second-order valence-corrected chi connectivity index (χ2v) is 3.51. The van der Waals surface area contributed by atoms with Crippen LogP contribution in [-0.4, -0.2) is 17.5 Å². The molecule has 0 radical (unpaired) electrons. The normalized spacial score (nSPS) is 9.92. The molecule has 1 rings (SSSR count). The van der Waals surface area contributed by atoms with E-state index in [1.807, 2.05) is 13.0 Å². The quantitative estimate of drug-likeness (QED) is 0.786. The lowest BCUT2D eigenvalue weighted by molar-refractivity contribution is 0.0903. The van der Waals surface area contributed by atoms with Gasteiger partial charge in [0.15, 0.2) is 5.78 Å². The molecule has 1 aromatic rings. The number of benzene rings is 1. The summed E-state index contributed by atoms with van der Waals surface area (Å²) in [5.41, 5.74) is 1.55. The van der Waals surface area contributed by atoms with Gasteiger partial charge < -0.3 is 5.11 Å². The molecule has 0 spiro atoms. The summed E-state index contributed by atoms with van der Waals surface area (Å²) >= 11 is 3.28. The lowest BCUT2D eigenvalue weighted by Crippen LogP contribution is -2.04. The molecule has 1 aromatic carbocycles. The average molecular weight is 229 g/mol. The van der Waals surface area contributed by atoms with Crippen LogP contribution in [0.1, 0.15) is 15.9 Å². The predicted octanol–water partition coefficient (Wildman–Crippen LogP) is 1.93. The minimum atomic E-state index is -0.435. The van der Waals surface area contributed by atoms with E-state index in [1.54, 1.807) is 12.1 Å². The third-order valence-electron chi connectivity index (χ3n) is 1.51. The second kappa shape index (κ2) is 3.83. The standard InChI is InChI=1S/C9H9BrO2/c1-6-2-7(9(12)5-11)4-8(10)3-6/h2-4,11H,5H2,1H3. The van der Waals surface area contributed by atoms with Gasteiger partial charge in [0.05, 0.1) is 0 Å². The van der Waals surface area contributed by atoms with Gasteiger partial charge in [0.2, 0.25) is 0 Å². The van der Waals surface area contributed by atoms with E-state index in [1.165, 1.54) is 0 Å². The highest BCUT2D eigenvalue weighted by Gasteiger charge is 2.04. The van der Waals surface area contributed by atoms with Crippen molar-refractivity contribution in [2.24, 2.45) is 0 Å². The van der Waals surface area contributed by atoms with Crippen molar-refractivity contribution in [2.45, 2.75) is 6.92 Å². The molecule has 0 aliphatic carbocycles. The fourth-order valence-electron chi connectivity index (χ4n) is 0.989. The Morgan fingerprint density at radius 1 is 1.50 bits per heavy atom. The topological polar surface area (TPSA) is 37.3 Å². The van der Waals surface area contributed by atoms with Crippen molar-refractivity contribution in [1.29, 1.82) is 0 Å². The van der Waals surface area contributed by atoms with Gasteiger partial charge in [-0.2, -0.15) is 0 Å². The number of aliphatic hydroxyl groups is 1. The van der Waals surface area contributed by atoms with Crippen molar-refractivity contribution in [3.63, 3.8) is 0 Å². The molecule has 0 unspecified atom stereocenters. The van der Waals surface area contributed by atoms with Crippen molar-refractivity contribution in [3.05, 3.63) is 33.8 Å². The highest BCUT2D eigenvalue weighted by atomic mass is 79.9. The van der Waals surface area contributed by atoms with Gasteiger partial charge in [-0.15, -0.1) is 0 Å². The van der Waals surface area contributed by atoms with Gasteiger partial charge in [0.1, 0.15) is 6.61 Å². The summed E-state index contributed by atoms with van der Waals surface area (Å²) in [7, 11) is 0. The molecule has 64 valence electrons. The van der Waals surface area contributed by atoms with Crippen molar-refractivity contribution in [3.8, 4) is 0 Å². The van der Waals surface area contributed by atoms with Crippen LogP contribution in [-0.2, 0) is 0 Å². The molecule has 0 saturated heterocycles. The maximum absolute atomic E-state index is 11.0. The number of hydrogen-bond donors (Lipinski definition) is 1. The molecule has 2 nitrogen and oxygen atoms in total. The minimum absolute atomic E-state index is 0.251. The van der Waals surface area contributed by atoms with E-state index in [0.717, 1.165) is 10.0 Å². The number of Topliss-reactive ketones (excluding diaryl/α,β-unsaturated/α-hetero) is 1. The molecule has 0 bridgehead atoms. The minimum Gasteiger partial charge on any atom is -0.388 e. The van der Waals surface area contributed by atoms with Crippen molar-refractivity contribution in [1.82, 2.24) is 0 Å². The zero-order valence-electron chi connectivity index (χ0n) is 6.67. The van der Waals surface area contributed by atoms with E-state index in [0.29, 0.717) is 5.56 Å². The SMILES string of the molecule is Cc1cc(Br)cc(C(=O)CO)c1. The first-order valence-electron chi connectivity index (χ1n) is 3.54. The van der Waals surface area contributed by atoms with E-state index >= 15 is 0 Å². The number of carbonyl (C=O) groups excluding carboxylic acids is 1. The van der Waals surface area contributed by atoms with Crippen LogP contribution >= 0.6 is 15.9 Å². The van der Waals surface area contributed by atoms with Crippen molar-refractivity contribution < 1.29 is 9.90 Å². The van der Waals surface area contributed by atoms with E-state index < -0.39 is 6.61 Å². The third-order valence-corrected chi connectivity index (χ3v) is 1.97. The average Bonchev–Trinajstić information content (AvgIpc) is 2.01. The number of aliphatic hydroxyl groups excluding tert-OH is 1. The summed E-state index contributed by atoms with van der Waals surface area (Å²) in [5.74, 6) is -0.251. The van der Waals surface area contributed by atoms with Gasteiger partial charge in [-0.1, -0.05) is 15.9 Å².